The number of thioether (sulfide) groups is 1. The molecular weight excluding hydrogens is 458 g/mol. The van der Waals surface area contributed by atoms with Crippen LogP contribution >= 0.6 is 11.8 Å². The number of alkyl halides is 6. The summed E-state index contributed by atoms with van der Waals surface area (Å²) in [7, 11) is 0. The zero-order valence-corrected chi connectivity index (χ0v) is 17.2. The smallest absolute Gasteiger partial charge is 0.446 e. The number of halogens is 6. The lowest BCUT2D eigenvalue weighted by Crippen LogP contribution is -2.32. The van der Waals surface area contributed by atoms with Crippen LogP contribution in [-0.2, 0) is 6.18 Å². The largest absolute Gasteiger partial charge is 0.484 e. The second-order valence-corrected chi connectivity index (χ2v) is 8.03. The van der Waals surface area contributed by atoms with Crippen molar-refractivity contribution in [2.75, 3.05) is 6.61 Å². The molecule has 0 heterocycles. The molecular formula is C21H14F6N2O2S. The van der Waals surface area contributed by atoms with E-state index in [1.54, 1.807) is 6.07 Å². The van der Waals surface area contributed by atoms with Gasteiger partial charge in [-0.2, -0.15) is 31.6 Å². The molecule has 0 amide bonds. The van der Waals surface area contributed by atoms with Crippen molar-refractivity contribution >= 4 is 17.5 Å². The average Bonchev–Trinajstić information content (AvgIpc) is 2.70. The van der Waals surface area contributed by atoms with Gasteiger partial charge in [0.05, 0.1) is 23.6 Å². The molecule has 0 aliphatic heterocycles. The maximum absolute atomic E-state index is 13.2. The molecule has 0 N–H and O–H groups in total. The van der Waals surface area contributed by atoms with Crippen LogP contribution in [0.5, 0.6) is 5.75 Å². The van der Waals surface area contributed by atoms with E-state index in [1.165, 1.54) is 19.1 Å². The first kappa shape index (κ1) is 25.1. The fourth-order valence-corrected chi connectivity index (χ4v) is 3.13. The summed E-state index contributed by atoms with van der Waals surface area (Å²) in [6.45, 7) is 8.09. The number of carbonyl (C=O) groups is 1. The molecule has 32 heavy (non-hydrogen) atoms. The van der Waals surface area contributed by atoms with Gasteiger partial charge in [-0.05, 0) is 42.1 Å². The minimum Gasteiger partial charge on any atom is -0.484 e. The van der Waals surface area contributed by atoms with Crippen molar-refractivity contribution in [2.24, 2.45) is 0 Å². The van der Waals surface area contributed by atoms with Gasteiger partial charge >= 0.3 is 11.7 Å². The highest BCUT2D eigenvalue weighted by Crippen LogP contribution is 2.38. The van der Waals surface area contributed by atoms with E-state index in [0.29, 0.717) is 6.07 Å². The first-order chi connectivity index (χ1) is 14.8. The fraction of sp³-hybridized carbons (Fsp3) is 0.286. The van der Waals surface area contributed by atoms with Gasteiger partial charge in [0.1, 0.15) is 5.75 Å². The molecule has 2 aromatic rings. The van der Waals surface area contributed by atoms with Gasteiger partial charge in [0.25, 0.3) is 5.54 Å². The molecule has 168 valence electrons. The van der Waals surface area contributed by atoms with Crippen molar-refractivity contribution in [1.29, 1.82) is 5.26 Å². The van der Waals surface area contributed by atoms with Crippen LogP contribution in [0.4, 0.5) is 26.3 Å². The maximum atomic E-state index is 13.2. The third kappa shape index (κ3) is 6.92. The number of benzene rings is 2. The minimum atomic E-state index is -4.76. The summed E-state index contributed by atoms with van der Waals surface area (Å²) in [5, 5.41) is 8.91. The van der Waals surface area contributed by atoms with E-state index >= 15 is 0 Å². The summed E-state index contributed by atoms with van der Waals surface area (Å²) in [4.78, 5) is 15.7. The lowest BCUT2D eigenvalue weighted by Gasteiger charge is -2.20. The molecule has 0 aliphatic rings. The van der Waals surface area contributed by atoms with Gasteiger partial charge in [-0.25, -0.2) is 6.57 Å². The molecule has 11 heteroatoms. The van der Waals surface area contributed by atoms with E-state index in [1.807, 2.05) is 0 Å². The lowest BCUT2D eigenvalue weighted by molar-refractivity contribution is -0.139. The van der Waals surface area contributed by atoms with Crippen LogP contribution in [0.15, 0.2) is 47.4 Å². The first-order valence-electron chi connectivity index (χ1n) is 8.78. The zero-order chi connectivity index (χ0) is 24.2. The molecule has 1 unspecified atom stereocenters. The van der Waals surface area contributed by atoms with Gasteiger partial charge in [-0.1, -0.05) is 12.1 Å². The Kier molecular flexibility index (Phi) is 7.47. The van der Waals surface area contributed by atoms with Crippen molar-refractivity contribution < 1.29 is 35.9 Å². The van der Waals surface area contributed by atoms with Gasteiger partial charge < -0.3 is 9.58 Å². The quantitative estimate of drug-likeness (QED) is 0.199. The molecule has 4 nitrogen and oxygen atoms in total. The van der Waals surface area contributed by atoms with E-state index in [-0.39, 0.29) is 27.8 Å². The molecule has 0 aliphatic carbocycles. The number of ether oxygens (including phenoxy) is 1. The standard InChI is InChI=1S/C21H14F6N2O2S/c1-19(29-2,10-17(30)14-4-6-15(7-5-14)32-21(25,26)27)12-31-18-9-13(11-28)3-8-16(18)20(22,23)24/h3-9H,10,12H2,1H3. The van der Waals surface area contributed by atoms with E-state index in [9.17, 15) is 31.1 Å². The summed E-state index contributed by atoms with van der Waals surface area (Å²) in [5.74, 6) is -1.23. The Morgan fingerprint density at radius 2 is 1.75 bits per heavy atom. The molecule has 0 spiro atoms. The Morgan fingerprint density at radius 1 is 1.12 bits per heavy atom. The van der Waals surface area contributed by atoms with Gasteiger partial charge in [-0.3, -0.25) is 4.79 Å². The lowest BCUT2D eigenvalue weighted by atomic mass is 9.94. The summed E-state index contributed by atoms with van der Waals surface area (Å²) in [6.07, 6.45) is -5.20. The van der Waals surface area contributed by atoms with Crippen LogP contribution in [0, 0.1) is 17.9 Å². The van der Waals surface area contributed by atoms with E-state index in [2.05, 4.69) is 4.85 Å². The molecule has 0 aromatic heterocycles. The summed E-state index contributed by atoms with van der Waals surface area (Å²) < 4.78 is 82.0. The number of nitrogens with zero attached hydrogens (tertiary/aromatic N) is 2. The Balaban J connectivity index is 2.16. The van der Waals surface area contributed by atoms with Crippen LogP contribution in [0.25, 0.3) is 4.85 Å². The summed E-state index contributed by atoms with van der Waals surface area (Å²) in [6, 6.07) is 8.84. The normalized spacial score (nSPS) is 13.5. The van der Waals surface area contributed by atoms with Gasteiger partial charge in [0.15, 0.2) is 12.4 Å². The van der Waals surface area contributed by atoms with Crippen LogP contribution in [-0.4, -0.2) is 23.4 Å². The minimum absolute atomic E-state index is 0.0499. The number of hydrogen-bond donors (Lipinski definition) is 0. The average molecular weight is 472 g/mol. The Morgan fingerprint density at radius 3 is 2.25 bits per heavy atom. The number of hydrogen-bond acceptors (Lipinski definition) is 4. The van der Waals surface area contributed by atoms with Crippen molar-refractivity contribution in [2.45, 2.75) is 35.5 Å². The number of Topliss-reactive ketones (excluding diaryl/α,β-unsaturated/α-hetero) is 1. The number of nitriles is 1. The Bertz CT molecular complexity index is 1070. The third-order valence-corrected chi connectivity index (χ3v) is 4.92. The van der Waals surface area contributed by atoms with Crippen LogP contribution < -0.4 is 4.74 Å². The molecule has 0 bridgehead atoms. The van der Waals surface area contributed by atoms with Crippen molar-refractivity contribution in [3.05, 3.63) is 70.6 Å². The second-order valence-electron chi connectivity index (χ2n) is 6.89. The summed E-state index contributed by atoms with van der Waals surface area (Å²) >= 11 is -0.344. The Hall–Kier alpha value is -3.18. The van der Waals surface area contributed by atoms with Crippen LogP contribution in [0.2, 0.25) is 0 Å². The third-order valence-electron chi connectivity index (χ3n) is 4.18. The second kappa shape index (κ2) is 9.53. The topological polar surface area (TPSA) is 54.4 Å². The zero-order valence-electron chi connectivity index (χ0n) is 16.3. The highest BCUT2D eigenvalue weighted by molar-refractivity contribution is 8.00. The highest BCUT2D eigenvalue weighted by Gasteiger charge is 2.38. The van der Waals surface area contributed by atoms with E-state index < -0.39 is 47.3 Å². The van der Waals surface area contributed by atoms with Gasteiger partial charge in [0.2, 0.25) is 0 Å². The molecule has 0 radical (unpaired) electrons. The van der Waals surface area contributed by atoms with Gasteiger partial charge in [-0.15, -0.1) is 0 Å². The van der Waals surface area contributed by atoms with Crippen molar-refractivity contribution in [3.63, 3.8) is 0 Å². The SMILES string of the molecule is [C-]#[N+]C(C)(COc1cc(C#N)ccc1C(F)(F)F)CC(=O)c1ccc(SC(F)(F)F)cc1. The molecule has 1 atom stereocenters. The van der Waals surface area contributed by atoms with Crippen LogP contribution in [0.1, 0.15) is 34.8 Å². The number of ketones is 1. The molecule has 0 saturated carbocycles. The predicted octanol–water partition coefficient (Wildman–Crippen LogP) is 6.52. The molecule has 0 fully saturated rings. The predicted molar refractivity (Wildman–Crippen MR) is 104 cm³/mol. The number of rotatable bonds is 7. The fourth-order valence-electron chi connectivity index (χ4n) is 2.59. The molecule has 0 saturated heterocycles. The summed E-state index contributed by atoms with van der Waals surface area (Å²) in [5.41, 5.74) is -7.20. The monoisotopic (exact) mass is 472 g/mol. The maximum Gasteiger partial charge on any atom is 0.446 e. The van der Waals surface area contributed by atoms with Crippen molar-refractivity contribution in [3.8, 4) is 11.8 Å². The van der Waals surface area contributed by atoms with Crippen molar-refractivity contribution in [1.82, 2.24) is 0 Å². The Labute approximate surface area is 183 Å². The molecule has 2 aromatic carbocycles. The van der Waals surface area contributed by atoms with E-state index in [0.717, 1.165) is 24.3 Å². The molecule has 2 rings (SSSR count). The first-order valence-corrected chi connectivity index (χ1v) is 9.60. The van der Waals surface area contributed by atoms with Gasteiger partial charge in [0, 0.05) is 17.4 Å². The van der Waals surface area contributed by atoms with E-state index in [4.69, 9.17) is 16.6 Å². The van der Waals surface area contributed by atoms with Crippen LogP contribution in [0.3, 0.4) is 0 Å². The number of carbonyl (C=O) groups excluding carboxylic acids is 1. The highest BCUT2D eigenvalue weighted by atomic mass is 32.2.